The number of carbonyl (C=O) groups excluding carboxylic acids is 2. The topological polar surface area (TPSA) is 152 Å². The average molecular weight is 899 g/mol. The Balaban J connectivity index is 2.21. The van der Waals surface area contributed by atoms with Crippen molar-refractivity contribution in [2.24, 2.45) is 0 Å². The first-order valence-electron chi connectivity index (χ1n) is 27.1. The highest BCUT2D eigenvalue weighted by molar-refractivity contribution is 5.70. The molecule has 1 saturated heterocycles. The zero-order valence-corrected chi connectivity index (χ0v) is 41.1. The second-order valence-electron chi connectivity index (χ2n) is 19.1. The highest BCUT2D eigenvalue weighted by Crippen LogP contribution is 2.23. The van der Waals surface area contributed by atoms with Gasteiger partial charge in [0.1, 0.15) is 31.0 Å². The number of carbonyl (C=O) groups is 2. The summed E-state index contributed by atoms with van der Waals surface area (Å²) in [6.45, 7) is 3.49. The van der Waals surface area contributed by atoms with Crippen LogP contribution in [0.25, 0.3) is 0 Å². The van der Waals surface area contributed by atoms with E-state index in [2.05, 4.69) is 13.8 Å². The molecule has 1 aliphatic heterocycles. The summed E-state index contributed by atoms with van der Waals surface area (Å²) in [7, 11) is 0. The fraction of sp³-hybridized carbons (Fsp3) is 0.962. The van der Waals surface area contributed by atoms with Gasteiger partial charge in [0.05, 0.1) is 13.2 Å². The molecule has 1 aliphatic rings. The van der Waals surface area contributed by atoms with Crippen LogP contribution in [0, 0.1) is 0 Å². The van der Waals surface area contributed by atoms with Gasteiger partial charge in [0.15, 0.2) is 12.4 Å². The number of ether oxygens (including phenoxy) is 4. The maximum Gasteiger partial charge on any atom is 0.306 e. The number of aliphatic hydroxyl groups excluding tert-OH is 4. The molecule has 10 heteroatoms. The SMILES string of the molecule is CCCCCCCCCCCCCCCCCCCCCCCC(=O)OC(COC(=O)CCCCCCCCCCCCCCCCCCC)COC1OC(CO)C(O)C(O)C1O. The quantitative estimate of drug-likeness (QED) is 0.0343. The van der Waals surface area contributed by atoms with Crippen LogP contribution in [-0.4, -0.2) is 89.0 Å². The molecule has 0 amide bonds. The summed E-state index contributed by atoms with van der Waals surface area (Å²) < 4.78 is 22.3. The van der Waals surface area contributed by atoms with E-state index in [0.717, 1.165) is 32.1 Å². The molecule has 0 spiro atoms. The second kappa shape index (κ2) is 44.5. The van der Waals surface area contributed by atoms with Gasteiger partial charge in [-0.15, -0.1) is 0 Å². The van der Waals surface area contributed by atoms with Crippen molar-refractivity contribution < 1.29 is 49.0 Å². The third-order valence-corrected chi connectivity index (χ3v) is 13.0. The van der Waals surface area contributed by atoms with Gasteiger partial charge >= 0.3 is 11.9 Å². The number of unbranched alkanes of at least 4 members (excludes halogenated alkanes) is 36. The summed E-state index contributed by atoms with van der Waals surface area (Å²) in [5, 5.41) is 40.2. The van der Waals surface area contributed by atoms with Gasteiger partial charge in [-0.3, -0.25) is 9.59 Å². The van der Waals surface area contributed by atoms with Gasteiger partial charge in [-0.25, -0.2) is 0 Å². The number of aliphatic hydroxyl groups is 4. The van der Waals surface area contributed by atoms with Gasteiger partial charge in [0.2, 0.25) is 0 Å². The Morgan fingerprint density at radius 2 is 0.746 bits per heavy atom. The Hall–Kier alpha value is -1.30. The van der Waals surface area contributed by atoms with Crippen molar-refractivity contribution in [2.75, 3.05) is 19.8 Å². The highest BCUT2D eigenvalue weighted by atomic mass is 16.7. The second-order valence-corrected chi connectivity index (χ2v) is 19.1. The molecule has 1 rings (SSSR count). The lowest BCUT2D eigenvalue weighted by Gasteiger charge is -2.39. The van der Waals surface area contributed by atoms with Crippen molar-refractivity contribution >= 4 is 11.9 Å². The van der Waals surface area contributed by atoms with Crippen LogP contribution in [0.4, 0.5) is 0 Å². The highest BCUT2D eigenvalue weighted by Gasteiger charge is 2.44. The smallest absolute Gasteiger partial charge is 0.306 e. The largest absolute Gasteiger partial charge is 0.462 e. The number of esters is 2. The van der Waals surface area contributed by atoms with E-state index < -0.39 is 49.4 Å². The summed E-state index contributed by atoms with van der Waals surface area (Å²) in [6, 6.07) is 0. The standard InChI is InChI=1S/C53H102O10/c1-3-5-7-9-11-13-15-17-19-21-22-23-24-26-28-30-32-34-36-38-40-42-49(56)62-46(45-61-53-52(59)51(58)50(57)47(43-54)63-53)44-60-48(55)41-39-37-35-33-31-29-27-25-20-18-16-14-12-10-8-6-4-2/h46-47,50-54,57-59H,3-45H2,1-2H3. The van der Waals surface area contributed by atoms with E-state index in [1.54, 1.807) is 0 Å². The van der Waals surface area contributed by atoms with E-state index >= 15 is 0 Å². The monoisotopic (exact) mass is 899 g/mol. The fourth-order valence-electron chi connectivity index (χ4n) is 8.72. The lowest BCUT2D eigenvalue weighted by atomic mass is 9.99. The van der Waals surface area contributed by atoms with Crippen LogP contribution in [0.3, 0.4) is 0 Å². The minimum absolute atomic E-state index is 0.208. The zero-order chi connectivity index (χ0) is 45.9. The Kier molecular flexibility index (Phi) is 42.2. The van der Waals surface area contributed by atoms with Crippen molar-refractivity contribution in [1.82, 2.24) is 0 Å². The normalized spacial score (nSPS) is 19.4. The van der Waals surface area contributed by atoms with Crippen LogP contribution in [0.2, 0.25) is 0 Å². The van der Waals surface area contributed by atoms with E-state index in [0.29, 0.717) is 6.42 Å². The van der Waals surface area contributed by atoms with E-state index in [1.165, 1.54) is 205 Å². The van der Waals surface area contributed by atoms with E-state index in [1.807, 2.05) is 0 Å². The van der Waals surface area contributed by atoms with Gasteiger partial charge in [-0.05, 0) is 12.8 Å². The zero-order valence-electron chi connectivity index (χ0n) is 41.1. The maximum absolute atomic E-state index is 12.8. The van der Waals surface area contributed by atoms with Gasteiger partial charge < -0.3 is 39.4 Å². The molecule has 6 atom stereocenters. The van der Waals surface area contributed by atoms with E-state index in [-0.39, 0.29) is 32.0 Å². The molecule has 374 valence electrons. The molecule has 0 aliphatic carbocycles. The lowest BCUT2D eigenvalue weighted by molar-refractivity contribution is -0.305. The molecule has 1 fully saturated rings. The van der Waals surface area contributed by atoms with Gasteiger partial charge in [0, 0.05) is 12.8 Å². The molecule has 6 unspecified atom stereocenters. The molecule has 0 aromatic carbocycles. The minimum Gasteiger partial charge on any atom is -0.462 e. The Labute approximate surface area is 387 Å². The number of hydrogen-bond donors (Lipinski definition) is 4. The summed E-state index contributed by atoms with van der Waals surface area (Å²) in [6.07, 6.45) is 41.1. The summed E-state index contributed by atoms with van der Waals surface area (Å²) in [5.74, 6) is -0.784. The molecular formula is C53H102O10. The fourth-order valence-corrected chi connectivity index (χ4v) is 8.72. The Morgan fingerprint density at radius 3 is 1.08 bits per heavy atom. The molecule has 10 nitrogen and oxygen atoms in total. The van der Waals surface area contributed by atoms with Crippen molar-refractivity contribution in [3.05, 3.63) is 0 Å². The van der Waals surface area contributed by atoms with Crippen molar-refractivity contribution in [3.63, 3.8) is 0 Å². The van der Waals surface area contributed by atoms with Crippen LogP contribution < -0.4 is 0 Å². The maximum atomic E-state index is 12.8. The molecular weight excluding hydrogens is 797 g/mol. The van der Waals surface area contributed by atoms with Crippen LogP contribution in [0.15, 0.2) is 0 Å². The molecule has 0 saturated carbocycles. The number of hydrogen-bond acceptors (Lipinski definition) is 10. The van der Waals surface area contributed by atoms with Crippen LogP contribution in [0.1, 0.15) is 271 Å². The van der Waals surface area contributed by atoms with Gasteiger partial charge in [-0.2, -0.15) is 0 Å². The Morgan fingerprint density at radius 1 is 0.429 bits per heavy atom. The third-order valence-electron chi connectivity index (χ3n) is 13.0. The van der Waals surface area contributed by atoms with Crippen molar-refractivity contribution in [2.45, 2.75) is 307 Å². The Bertz CT molecular complexity index is 995. The van der Waals surface area contributed by atoms with Crippen LogP contribution in [0.5, 0.6) is 0 Å². The average Bonchev–Trinajstić information content (AvgIpc) is 3.28. The van der Waals surface area contributed by atoms with Crippen LogP contribution in [-0.2, 0) is 28.5 Å². The molecule has 0 aromatic heterocycles. The summed E-state index contributed by atoms with van der Waals surface area (Å²) in [4.78, 5) is 25.5. The predicted molar refractivity (Wildman–Crippen MR) is 257 cm³/mol. The molecule has 1 heterocycles. The molecule has 0 bridgehead atoms. The summed E-state index contributed by atoms with van der Waals surface area (Å²) >= 11 is 0. The van der Waals surface area contributed by atoms with E-state index in [4.69, 9.17) is 18.9 Å². The minimum atomic E-state index is -1.59. The van der Waals surface area contributed by atoms with Gasteiger partial charge in [0.25, 0.3) is 0 Å². The molecule has 63 heavy (non-hydrogen) atoms. The molecule has 0 aromatic rings. The van der Waals surface area contributed by atoms with E-state index in [9.17, 15) is 30.0 Å². The molecule has 0 radical (unpaired) electrons. The van der Waals surface area contributed by atoms with Crippen molar-refractivity contribution in [3.8, 4) is 0 Å². The first kappa shape index (κ1) is 59.7. The first-order chi connectivity index (χ1) is 30.8. The first-order valence-corrected chi connectivity index (χ1v) is 27.1. The van der Waals surface area contributed by atoms with Crippen LogP contribution >= 0.6 is 0 Å². The third kappa shape index (κ3) is 35.6. The molecule has 4 N–H and O–H groups in total. The predicted octanol–water partition coefficient (Wildman–Crippen LogP) is 12.9. The van der Waals surface area contributed by atoms with Crippen molar-refractivity contribution in [1.29, 1.82) is 0 Å². The summed E-state index contributed by atoms with van der Waals surface area (Å²) in [5.41, 5.74) is 0. The number of rotatable bonds is 47. The van der Waals surface area contributed by atoms with Gasteiger partial charge in [-0.1, -0.05) is 245 Å². The lowest BCUT2D eigenvalue weighted by Crippen LogP contribution is -2.59.